The van der Waals surface area contributed by atoms with Gasteiger partial charge in [-0.05, 0) is 43.4 Å². The molecule has 0 radical (unpaired) electrons. The normalized spacial score (nSPS) is 19.5. The summed E-state index contributed by atoms with van der Waals surface area (Å²) in [5, 5.41) is 9.75. The van der Waals surface area contributed by atoms with Gasteiger partial charge in [0.25, 0.3) is 0 Å². The van der Waals surface area contributed by atoms with Crippen molar-refractivity contribution in [2.24, 2.45) is 0 Å². The van der Waals surface area contributed by atoms with E-state index in [1.165, 1.54) is 0 Å². The van der Waals surface area contributed by atoms with Gasteiger partial charge in [0.15, 0.2) is 0 Å². The first kappa shape index (κ1) is 14.4. The first-order valence-corrected chi connectivity index (χ1v) is 7.23. The number of nitrogens with zero attached hydrogens (tertiary/aromatic N) is 1. The molecular weight excluding hydrogens is 262 g/mol. The lowest BCUT2D eigenvalue weighted by Crippen LogP contribution is -2.44. The van der Waals surface area contributed by atoms with Crippen LogP contribution in [0.3, 0.4) is 0 Å². The molecule has 1 unspecified atom stereocenters. The van der Waals surface area contributed by atoms with Crippen molar-refractivity contribution in [3.05, 3.63) is 34.9 Å². The summed E-state index contributed by atoms with van der Waals surface area (Å²) in [4.78, 5) is 14.3. The number of aliphatic hydroxyl groups excluding tert-OH is 1. The average Bonchev–Trinajstić information content (AvgIpc) is 2.39. The molecule has 4 heteroatoms. The number of carbonyl (C=O) groups excluding carboxylic acids is 1. The number of benzene rings is 1. The van der Waals surface area contributed by atoms with Gasteiger partial charge >= 0.3 is 0 Å². The Hall–Kier alpha value is -1.06. The lowest BCUT2D eigenvalue weighted by atomic mass is 9.98. The van der Waals surface area contributed by atoms with Gasteiger partial charge < -0.3 is 10.0 Å². The highest BCUT2D eigenvalue weighted by atomic mass is 35.5. The minimum absolute atomic E-state index is 0.139. The van der Waals surface area contributed by atoms with E-state index in [1.807, 2.05) is 29.2 Å². The molecule has 1 N–H and O–H groups in total. The minimum Gasteiger partial charge on any atom is -0.396 e. The Bertz CT molecular complexity index is 434. The predicted molar refractivity (Wildman–Crippen MR) is 76.2 cm³/mol. The van der Waals surface area contributed by atoms with Crippen molar-refractivity contribution in [2.75, 3.05) is 13.2 Å². The molecule has 1 saturated heterocycles. The average molecular weight is 282 g/mol. The lowest BCUT2D eigenvalue weighted by molar-refractivity contribution is -0.134. The molecule has 1 aromatic carbocycles. The van der Waals surface area contributed by atoms with Crippen LogP contribution in [0.4, 0.5) is 0 Å². The number of aliphatic hydroxyl groups is 1. The van der Waals surface area contributed by atoms with Crippen LogP contribution in [0.25, 0.3) is 0 Å². The van der Waals surface area contributed by atoms with Crippen LogP contribution in [-0.2, 0) is 11.2 Å². The fourth-order valence-electron chi connectivity index (χ4n) is 2.70. The van der Waals surface area contributed by atoms with E-state index in [1.54, 1.807) is 0 Å². The molecule has 1 aliphatic rings. The van der Waals surface area contributed by atoms with Crippen LogP contribution in [-0.4, -0.2) is 35.1 Å². The number of hydrogen-bond acceptors (Lipinski definition) is 2. The lowest BCUT2D eigenvalue weighted by Gasteiger charge is -2.35. The molecule has 1 heterocycles. The Morgan fingerprint density at radius 2 is 2.26 bits per heavy atom. The molecule has 1 amide bonds. The molecular formula is C15H20ClNO2. The third-order valence-electron chi connectivity index (χ3n) is 3.65. The Kier molecular flexibility index (Phi) is 5.23. The molecule has 0 bridgehead atoms. The smallest absolute Gasteiger partial charge is 0.227 e. The number of piperidine rings is 1. The summed E-state index contributed by atoms with van der Waals surface area (Å²) in [5.41, 5.74) is 0.950. The maximum Gasteiger partial charge on any atom is 0.227 e. The van der Waals surface area contributed by atoms with E-state index in [-0.39, 0.29) is 18.6 Å². The maximum absolute atomic E-state index is 12.4. The highest BCUT2D eigenvalue weighted by molar-refractivity contribution is 6.30. The van der Waals surface area contributed by atoms with Gasteiger partial charge in [0.1, 0.15) is 0 Å². The number of carbonyl (C=O) groups is 1. The van der Waals surface area contributed by atoms with Crippen molar-refractivity contribution < 1.29 is 9.90 Å². The third kappa shape index (κ3) is 3.95. The molecule has 0 aliphatic carbocycles. The van der Waals surface area contributed by atoms with Gasteiger partial charge in [0.05, 0.1) is 6.42 Å². The summed E-state index contributed by atoms with van der Waals surface area (Å²) in [6, 6.07) is 7.64. The molecule has 3 nitrogen and oxygen atoms in total. The van der Waals surface area contributed by atoms with E-state index in [9.17, 15) is 4.79 Å². The number of halogens is 1. The topological polar surface area (TPSA) is 40.5 Å². The van der Waals surface area contributed by atoms with Gasteiger partial charge in [0, 0.05) is 24.2 Å². The Balaban J connectivity index is 2.01. The number of rotatable bonds is 4. The zero-order valence-corrected chi connectivity index (χ0v) is 11.8. The fourth-order valence-corrected chi connectivity index (χ4v) is 2.91. The molecule has 0 saturated carbocycles. The van der Waals surface area contributed by atoms with Crippen LogP contribution in [0.15, 0.2) is 24.3 Å². The SMILES string of the molecule is O=C(Cc1cccc(Cl)c1)N1CCCCC1CCO. The summed E-state index contributed by atoms with van der Waals surface area (Å²) in [7, 11) is 0. The van der Waals surface area contributed by atoms with Crippen molar-refractivity contribution in [1.29, 1.82) is 0 Å². The second kappa shape index (κ2) is 6.92. The largest absolute Gasteiger partial charge is 0.396 e. The van der Waals surface area contributed by atoms with Crippen molar-refractivity contribution in [1.82, 2.24) is 4.90 Å². The van der Waals surface area contributed by atoms with Crippen molar-refractivity contribution in [2.45, 2.75) is 38.1 Å². The summed E-state index contributed by atoms with van der Waals surface area (Å²) in [6.45, 7) is 0.954. The van der Waals surface area contributed by atoms with Crippen molar-refractivity contribution >= 4 is 17.5 Å². The molecule has 1 atom stereocenters. The summed E-state index contributed by atoms with van der Waals surface area (Å²) >= 11 is 5.93. The number of hydrogen-bond donors (Lipinski definition) is 1. The van der Waals surface area contributed by atoms with E-state index < -0.39 is 0 Å². The van der Waals surface area contributed by atoms with Gasteiger partial charge in [-0.3, -0.25) is 4.79 Å². The fraction of sp³-hybridized carbons (Fsp3) is 0.533. The third-order valence-corrected chi connectivity index (χ3v) is 3.89. The summed E-state index contributed by atoms with van der Waals surface area (Å²) in [6.07, 6.45) is 4.28. The molecule has 1 aliphatic heterocycles. The van der Waals surface area contributed by atoms with E-state index in [2.05, 4.69) is 0 Å². The van der Waals surface area contributed by atoms with Gasteiger partial charge in [-0.1, -0.05) is 23.7 Å². The van der Waals surface area contributed by atoms with Gasteiger partial charge in [0.2, 0.25) is 5.91 Å². The molecule has 19 heavy (non-hydrogen) atoms. The Morgan fingerprint density at radius 3 is 3.00 bits per heavy atom. The first-order chi connectivity index (χ1) is 9.20. The maximum atomic E-state index is 12.4. The van der Waals surface area contributed by atoms with E-state index in [0.29, 0.717) is 17.9 Å². The van der Waals surface area contributed by atoms with Crippen molar-refractivity contribution in [3.63, 3.8) is 0 Å². The number of likely N-dealkylation sites (tertiary alicyclic amines) is 1. The quantitative estimate of drug-likeness (QED) is 0.922. The highest BCUT2D eigenvalue weighted by Crippen LogP contribution is 2.21. The van der Waals surface area contributed by atoms with E-state index in [0.717, 1.165) is 31.4 Å². The van der Waals surface area contributed by atoms with Crippen LogP contribution in [0.1, 0.15) is 31.2 Å². The zero-order chi connectivity index (χ0) is 13.7. The number of amides is 1. The highest BCUT2D eigenvalue weighted by Gasteiger charge is 2.25. The van der Waals surface area contributed by atoms with E-state index >= 15 is 0 Å². The standard InChI is InChI=1S/C15H20ClNO2/c16-13-5-3-4-12(10-13)11-15(19)17-8-2-1-6-14(17)7-9-18/h3-5,10,14,18H,1-2,6-9,11H2. The van der Waals surface area contributed by atoms with Gasteiger partial charge in [-0.25, -0.2) is 0 Å². The minimum atomic E-state index is 0.139. The zero-order valence-electron chi connectivity index (χ0n) is 11.0. The van der Waals surface area contributed by atoms with Gasteiger partial charge in [-0.15, -0.1) is 0 Å². The van der Waals surface area contributed by atoms with Crippen LogP contribution < -0.4 is 0 Å². The Morgan fingerprint density at radius 1 is 1.42 bits per heavy atom. The predicted octanol–water partition coefficient (Wildman–Crippen LogP) is 2.65. The molecule has 0 spiro atoms. The van der Waals surface area contributed by atoms with Gasteiger partial charge in [-0.2, -0.15) is 0 Å². The molecule has 1 aromatic rings. The van der Waals surface area contributed by atoms with Crippen LogP contribution >= 0.6 is 11.6 Å². The first-order valence-electron chi connectivity index (χ1n) is 6.85. The summed E-state index contributed by atoms with van der Waals surface area (Å²) in [5.74, 6) is 0.139. The van der Waals surface area contributed by atoms with Crippen LogP contribution in [0.5, 0.6) is 0 Å². The Labute approximate surface area is 119 Å². The molecule has 2 rings (SSSR count). The monoisotopic (exact) mass is 281 g/mol. The molecule has 1 fully saturated rings. The summed E-state index contributed by atoms with van der Waals surface area (Å²) < 4.78 is 0. The van der Waals surface area contributed by atoms with Crippen LogP contribution in [0.2, 0.25) is 5.02 Å². The molecule has 0 aromatic heterocycles. The van der Waals surface area contributed by atoms with Crippen molar-refractivity contribution in [3.8, 4) is 0 Å². The molecule has 104 valence electrons. The van der Waals surface area contributed by atoms with Crippen LogP contribution in [0, 0.1) is 0 Å². The second-order valence-corrected chi connectivity index (χ2v) is 5.49. The van der Waals surface area contributed by atoms with E-state index in [4.69, 9.17) is 16.7 Å². The second-order valence-electron chi connectivity index (χ2n) is 5.06.